The summed E-state index contributed by atoms with van der Waals surface area (Å²) < 4.78 is 13.7. The van der Waals surface area contributed by atoms with E-state index in [1.807, 2.05) is 6.07 Å². The van der Waals surface area contributed by atoms with Crippen LogP contribution in [0.15, 0.2) is 34.8 Å². The summed E-state index contributed by atoms with van der Waals surface area (Å²) in [6.07, 6.45) is 0. The summed E-state index contributed by atoms with van der Waals surface area (Å²) in [6, 6.07) is 9.93. The zero-order valence-corrected chi connectivity index (χ0v) is 8.68. The van der Waals surface area contributed by atoms with Gasteiger partial charge in [-0.25, -0.2) is 4.39 Å². The summed E-state index contributed by atoms with van der Waals surface area (Å²) in [5.74, 6) is -0.292. The van der Waals surface area contributed by atoms with E-state index in [0.29, 0.717) is 5.56 Å². The lowest BCUT2D eigenvalue weighted by atomic mass is 10.1. The average Bonchev–Trinajstić information content (AvgIpc) is 2.16. The third kappa shape index (κ3) is 1.49. The molecule has 0 unspecified atom stereocenters. The third-order valence-corrected chi connectivity index (χ3v) is 2.65. The minimum absolute atomic E-state index is 0.292. The number of rotatable bonds is 0. The Morgan fingerprint density at radius 2 is 2.00 bits per heavy atom. The molecule has 0 radical (unpaired) electrons. The van der Waals surface area contributed by atoms with E-state index < -0.39 is 0 Å². The lowest BCUT2D eigenvalue weighted by Gasteiger charge is -2.01. The molecule has 68 valence electrons. The van der Waals surface area contributed by atoms with Gasteiger partial charge in [-0.15, -0.1) is 0 Å². The van der Waals surface area contributed by atoms with E-state index in [9.17, 15) is 4.39 Å². The first kappa shape index (κ1) is 9.17. The van der Waals surface area contributed by atoms with Gasteiger partial charge in [0.15, 0.2) is 0 Å². The quantitative estimate of drug-likeness (QED) is 0.700. The first-order chi connectivity index (χ1) is 6.70. The summed E-state index contributed by atoms with van der Waals surface area (Å²) in [7, 11) is 0. The molecule has 2 aromatic carbocycles. The van der Waals surface area contributed by atoms with Crippen LogP contribution in [0.2, 0.25) is 0 Å². The summed E-state index contributed by atoms with van der Waals surface area (Å²) in [6.45, 7) is 0. The largest absolute Gasteiger partial charge is 0.207 e. The van der Waals surface area contributed by atoms with Crippen LogP contribution in [0.3, 0.4) is 0 Å². The van der Waals surface area contributed by atoms with Gasteiger partial charge in [0.25, 0.3) is 0 Å². The Hall–Kier alpha value is -1.40. The van der Waals surface area contributed by atoms with Crippen molar-refractivity contribution in [3.05, 3.63) is 46.2 Å². The zero-order valence-electron chi connectivity index (χ0n) is 7.09. The van der Waals surface area contributed by atoms with Crippen LogP contribution in [0.5, 0.6) is 0 Å². The Kier molecular flexibility index (Phi) is 2.22. The highest BCUT2D eigenvalue weighted by atomic mass is 79.9. The average molecular weight is 250 g/mol. The van der Waals surface area contributed by atoms with Gasteiger partial charge >= 0.3 is 0 Å². The monoisotopic (exact) mass is 249 g/mol. The van der Waals surface area contributed by atoms with Gasteiger partial charge in [-0.05, 0) is 35.0 Å². The second-order valence-electron chi connectivity index (χ2n) is 2.94. The standard InChI is InChI=1S/C11H5BrFN/c12-11-4-7(6-14)3-8-5-9(13)1-2-10(8)11/h1-5H. The lowest BCUT2D eigenvalue weighted by molar-refractivity contribution is 0.629. The fraction of sp³-hybridized carbons (Fsp3) is 0. The van der Waals surface area contributed by atoms with Crippen molar-refractivity contribution < 1.29 is 4.39 Å². The van der Waals surface area contributed by atoms with Crippen molar-refractivity contribution in [3.63, 3.8) is 0 Å². The van der Waals surface area contributed by atoms with Crippen LogP contribution >= 0.6 is 15.9 Å². The maximum atomic E-state index is 12.9. The normalized spacial score (nSPS) is 10.1. The maximum Gasteiger partial charge on any atom is 0.123 e. The van der Waals surface area contributed by atoms with Crippen molar-refractivity contribution in [1.29, 1.82) is 5.26 Å². The molecule has 0 spiro atoms. The second-order valence-corrected chi connectivity index (χ2v) is 3.79. The number of nitriles is 1. The molecule has 0 bridgehead atoms. The van der Waals surface area contributed by atoms with Gasteiger partial charge in [0.05, 0.1) is 11.6 Å². The Balaban J connectivity index is 2.85. The molecule has 0 aliphatic heterocycles. The fourth-order valence-corrected chi connectivity index (χ4v) is 1.97. The number of hydrogen-bond acceptors (Lipinski definition) is 1. The van der Waals surface area contributed by atoms with Gasteiger partial charge in [-0.1, -0.05) is 22.0 Å². The van der Waals surface area contributed by atoms with Crippen LogP contribution < -0.4 is 0 Å². The Morgan fingerprint density at radius 3 is 2.71 bits per heavy atom. The van der Waals surface area contributed by atoms with E-state index >= 15 is 0 Å². The molecule has 2 rings (SSSR count). The smallest absolute Gasteiger partial charge is 0.123 e. The third-order valence-electron chi connectivity index (χ3n) is 1.99. The molecule has 0 atom stereocenters. The minimum Gasteiger partial charge on any atom is -0.207 e. The molecule has 0 saturated heterocycles. The van der Waals surface area contributed by atoms with Crippen LogP contribution in [-0.2, 0) is 0 Å². The molecular weight excluding hydrogens is 245 g/mol. The van der Waals surface area contributed by atoms with Gasteiger partial charge in [0, 0.05) is 4.47 Å². The molecule has 0 aromatic heterocycles. The molecule has 2 aromatic rings. The molecule has 0 heterocycles. The molecule has 0 N–H and O–H groups in total. The molecule has 0 fully saturated rings. The highest BCUT2D eigenvalue weighted by molar-refractivity contribution is 9.10. The van der Waals surface area contributed by atoms with Crippen LogP contribution in [0.25, 0.3) is 10.8 Å². The zero-order chi connectivity index (χ0) is 10.1. The van der Waals surface area contributed by atoms with Crippen molar-refractivity contribution in [2.45, 2.75) is 0 Å². The van der Waals surface area contributed by atoms with Crippen LogP contribution in [-0.4, -0.2) is 0 Å². The number of halogens is 2. The lowest BCUT2D eigenvalue weighted by Crippen LogP contribution is -1.81. The number of nitrogens with zero attached hydrogens (tertiary/aromatic N) is 1. The maximum absolute atomic E-state index is 12.9. The van der Waals surface area contributed by atoms with Gasteiger partial charge in [-0.3, -0.25) is 0 Å². The van der Waals surface area contributed by atoms with E-state index in [1.54, 1.807) is 18.2 Å². The van der Waals surface area contributed by atoms with Crippen molar-refractivity contribution in [1.82, 2.24) is 0 Å². The second kappa shape index (κ2) is 3.39. The first-order valence-corrected chi connectivity index (χ1v) is 4.79. The summed E-state index contributed by atoms with van der Waals surface area (Å²) >= 11 is 3.34. The van der Waals surface area contributed by atoms with Crippen molar-refractivity contribution >= 4 is 26.7 Å². The predicted octanol–water partition coefficient (Wildman–Crippen LogP) is 3.61. The molecule has 1 nitrogen and oxygen atoms in total. The first-order valence-electron chi connectivity index (χ1n) is 3.99. The van der Waals surface area contributed by atoms with Gasteiger partial charge < -0.3 is 0 Å². The highest BCUT2D eigenvalue weighted by Gasteiger charge is 2.02. The Morgan fingerprint density at radius 1 is 1.21 bits per heavy atom. The van der Waals surface area contributed by atoms with E-state index in [1.165, 1.54) is 12.1 Å². The van der Waals surface area contributed by atoms with Crippen LogP contribution in [0.1, 0.15) is 5.56 Å². The molecule has 0 amide bonds. The topological polar surface area (TPSA) is 23.8 Å². The summed E-state index contributed by atoms with van der Waals surface area (Å²) in [4.78, 5) is 0. The van der Waals surface area contributed by atoms with E-state index in [4.69, 9.17) is 5.26 Å². The van der Waals surface area contributed by atoms with Gasteiger partial charge in [-0.2, -0.15) is 5.26 Å². The SMILES string of the molecule is N#Cc1cc(Br)c2ccc(F)cc2c1. The van der Waals surface area contributed by atoms with E-state index in [-0.39, 0.29) is 5.82 Å². The molecule has 0 aliphatic carbocycles. The van der Waals surface area contributed by atoms with Crippen LogP contribution in [0, 0.1) is 17.1 Å². The summed E-state index contributed by atoms with van der Waals surface area (Å²) in [5.41, 5.74) is 0.523. The molecule has 0 aliphatic rings. The van der Waals surface area contributed by atoms with E-state index in [2.05, 4.69) is 15.9 Å². The number of benzene rings is 2. The van der Waals surface area contributed by atoms with E-state index in [0.717, 1.165) is 15.2 Å². The predicted molar refractivity (Wildman–Crippen MR) is 56.3 cm³/mol. The van der Waals surface area contributed by atoms with Gasteiger partial charge in [0.2, 0.25) is 0 Å². The molecule has 0 saturated carbocycles. The van der Waals surface area contributed by atoms with Crippen LogP contribution in [0.4, 0.5) is 4.39 Å². The Labute approximate surface area is 88.9 Å². The highest BCUT2D eigenvalue weighted by Crippen LogP contribution is 2.26. The van der Waals surface area contributed by atoms with Crippen molar-refractivity contribution in [3.8, 4) is 6.07 Å². The molecular formula is C11H5BrFN. The summed E-state index contributed by atoms with van der Waals surface area (Å²) in [5, 5.41) is 10.4. The number of fused-ring (bicyclic) bond motifs is 1. The fourth-order valence-electron chi connectivity index (χ4n) is 1.36. The molecule has 3 heteroatoms. The van der Waals surface area contributed by atoms with Gasteiger partial charge in [0.1, 0.15) is 5.82 Å². The minimum atomic E-state index is -0.292. The number of hydrogen-bond donors (Lipinski definition) is 0. The Bertz CT molecular complexity index is 543. The van der Waals surface area contributed by atoms with Crippen molar-refractivity contribution in [2.75, 3.05) is 0 Å². The molecule has 14 heavy (non-hydrogen) atoms. The van der Waals surface area contributed by atoms with Crippen molar-refractivity contribution in [2.24, 2.45) is 0 Å².